The first-order valence-electron chi connectivity index (χ1n) is 9.14. The molecule has 0 aliphatic heterocycles. The first-order valence-corrected chi connectivity index (χ1v) is 9.90. The molecule has 0 amide bonds. The van der Waals surface area contributed by atoms with Crippen molar-refractivity contribution in [3.8, 4) is 11.5 Å². The van der Waals surface area contributed by atoms with Crippen molar-refractivity contribution in [2.75, 3.05) is 18.1 Å². The van der Waals surface area contributed by atoms with Crippen LogP contribution in [0.3, 0.4) is 0 Å². The van der Waals surface area contributed by atoms with Gasteiger partial charge in [-0.05, 0) is 38.1 Å². The smallest absolute Gasteiger partial charge is 0.166 e. The molecule has 156 valence electrons. The summed E-state index contributed by atoms with van der Waals surface area (Å²) in [5.74, 6) is 1.19. The highest BCUT2D eigenvalue weighted by atomic mass is 35.5. The molecular weight excluding hydrogens is 425 g/mol. The van der Waals surface area contributed by atoms with E-state index in [1.807, 2.05) is 13.8 Å². The molecule has 30 heavy (non-hydrogen) atoms. The van der Waals surface area contributed by atoms with Gasteiger partial charge < -0.3 is 20.9 Å². The molecule has 3 rings (SSSR count). The summed E-state index contributed by atoms with van der Waals surface area (Å²) in [6.07, 6.45) is 4.08. The highest BCUT2D eigenvalue weighted by molar-refractivity contribution is 6.35. The number of pyridine rings is 2. The van der Waals surface area contributed by atoms with Crippen LogP contribution in [-0.2, 0) is 0 Å². The maximum atomic E-state index is 8.60. The van der Waals surface area contributed by atoms with E-state index in [0.717, 1.165) is 0 Å². The Bertz CT molecular complexity index is 1070. The van der Waals surface area contributed by atoms with Gasteiger partial charge in [0.25, 0.3) is 0 Å². The second-order valence-electron chi connectivity index (χ2n) is 6.44. The van der Waals surface area contributed by atoms with Crippen molar-refractivity contribution in [2.45, 2.75) is 20.0 Å². The topological polar surface area (TPSA) is 120 Å². The number of nitrogens with one attached hydrogen (secondary N) is 1. The fourth-order valence-corrected chi connectivity index (χ4v) is 3.59. The zero-order valence-electron chi connectivity index (χ0n) is 16.4. The predicted octanol–water partition coefficient (Wildman–Crippen LogP) is 4.90. The van der Waals surface area contributed by atoms with Gasteiger partial charge in [0, 0.05) is 41.0 Å². The molecule has 0 saturated carbocycles. The van der Waals surface area contributed by atoms with E-state index in [9.17, 15) is 0 Å². The maximum Gasteiger partial charge on any atom is 0.166 e. The summed E-state index contributed by atoms with van der Waals surface area (Å²) in [7, 11) is 0. The number of hydrogen-bond acceptors (Lipinski definition) is 7. The fraction of sp³-hybridized carbons (Fsp3) is 0.190. The van der Waals surface area contributed by atoms with E-state index in [1.165, 1.54) is 18.6 Å². The first kappa shape index (κ1) is 21.7. The van der Waals surface area contributed by atoms with Crippen molar-refractivity contribution in [3.63, 3.8) is 0 Å². The van der Waals surface area contributed by atoms with Crippen molar-refractivity contribution in [2.24, 2.45) is 0 Å². The molecule has 0 bridgehead atoms. The molecule has 0 aliphatic rings. The van der Waals surface area contributed by atoms with Crippen molar-refractivity contribution in [3.05, 3.63) is 69.6 Å². The standard InChI is InChI=1S/C21H21Cl2N5O2/c1-3-29-18-6-12(8-28-21(18)26)20(25)14-7-13(4-5-17(14)24)30-11(2)19-15(22)9-27-10-16(19)23/h4-11,25H,3,24H2,1-2H3,(H2,26,28)/t11-/m1/s1. The van der Waals surface area contributed by atoms with Crippen molar-refractivity contribution in [1.29, 1.82) is 5.41 Å². The minimum atomic E-state index is -0.443. The number of anilines is 2. The van der Waals surface area contributed by atoms with E-state index in [-0.39, 0.29) is 11.5 Å². The van der Waals surface area contributed by atoms with Crippen LogP contribution in [0.15, 0.2) is 42.9 Å². The van der Waals surface area contributed by atoms with Gasteiger partial charge >= 0.3 is 0 Å². The molecule has 1 aromatic carbocycles. The van der Waals surface area contributed by atoms with Gasteiger partial charge in [-0.25, -0.2) is 4.98 Å². The summed E-state index contributed by atoms with van der Waals surface area (Å²) >= 11 is 12.4. The monoisotopic (exact) mass is 445 g/mol. The molecule has 5 N–H and O–H groups in total. The Morgan fingerprint density at radius 1 is 1.13 bits per heavy atom. The minimum absolute atomic E-state index is 0.166. The second kappa shape index (κ2) is 9.19. The molecule has 0 saturated heterocycles. The van der Waals surface area contributed by atoms with Gasteiger partial charge in [0.15, 0.2) is 11.6 Å². The molecule has 1 atom stereocenters. The first-order chi connectivity index (χ1) is 14.3. The van der Waals surface area contributed by atoms with E-state index in [4.69, 9.17) is 49.6 Å². The Kier molecular flexibility index (Phi) is 6.64. The van der Waals surface area contributed by atoms with Gasteiger partial charge in [0.2, 0.25) is 0 Å². The van der Waals surface area contributed by atoms with Crippen molar-refractivity contribution >= 4 is 40.4 Å². The number of halogens is 2. The molecule has 2 heterocycles. The summed E-state index contributed by atoms with van der Waals surface area (Å²) < 4.78 is 11.5. The lowest BCUT2D eigenvalue weighted by molar-refractivity contribution is 0.227. The third kappa shape index (κ3) is 4.58. The lowest BCUT2D eigenvalue weighted by atomic mass is 10.0. The molecule has 2 aromatic heterocycles. The molecule has 3 aromatic rings. The molecule has 0 unspecified atom stereocenters. The molecule has 9 heteroatoms. The quantitative estimate of drug-likeness (QED) is 0.351. The summed E-state index contributed by atoms with van der Waals surface area (Å²) in [5, 5.41) is 9.42. The predicted molar refractivity (Wildman–Crippen MR) is 120 cm³/mol. The number of nitrogen functional groups attached to an aromatic ring is 2. The van der Waals surface area contributed by atoms with Crippen LogP contribution >= 0.6 is 23.2 Å². The third-order valence-electron chi connectivity index (χ3n) is 4.37. The van der Waals surface area contributed by atoms with E-state index in [1.54, 1.807) is 24.3 Å². The third-order valence-corrected chi connectivity index (χ3v) is 4.98. The largest absolute Gasteiger partial charge is 0.490 e. The highest BCUT2D eigenvalue weighted by Gasteiger charge is 2.18. The summed E-state index contributed by atoms with van der Waals surface area (Å²) in [4.78, 5) is 8.06. The number of nitrogens with zero attached hydrogens (tertiary/aromatic N) is 2. The van der Waals surface area contributed by atoms with E-state index < -0.39 is 6.10 Å². The Morgan fingerprint density at radius 2 is 1.83 bits per heavy atom. The van der Waals surface area contributed by atoms with Crippen LogP contribution in [0.1, 0.15) is 36.6 Å². The molecule has 0 spiro atoms. The van der Waals surface area contributed by atoms with Crippen LogP contribution in [0.25, 0.3) is 0 Å². The number of ether oxygens (including phenoxy) is 2. The van der Waals surface area contributed by atoms with Crippen LogP contribution in [0.2, 0.25) is 10.0 Å². The van der Waals surface area contributed by atoms with Gasteiger partial charge in [0.1, 0.15) is 11.9 Å². The van der Waals surface area contributed by atoms with Gasteiger partial charge in [-0.3, -0.25) is 10.4 Å². The molecular formula is C21H21Cl2N5O2. The van der Waals surface area contributed by atoms with Gasteiger partial charge in [-0.1, -0.05) is 23.2 Å². The average molecular weight is 446 g/mol. The number of aromatic nitrogens is 2. The van der Waals surface area contributed by atoms with Gasteiger partial charge in [0.05, 0.1) is 22.4 Å². The molecule has 0 fully saturated rings. The maximum absolute atomic E-state index is 8.60. The Hall–Kier alpha value is -3.03. The summed E-state index contributed by atoms with van der Waals surface area (Å²) in [6.45, 7) is 4.11. The van der Waals surface area contributed by atoms with Crippen molar-refractivity contribution < 1.29 is 9.47 Å². The highest BCUT2D eigenvalue weighted by Crippen LogP contribution is 2.33. The lowest BCUT2D eigenvalue weighted by Crippen LogP contribution is -2.10. The Labute approximate surface area is 184 Å². The fourth-order valence-electron chi connectivity index (χ4n) is 2.92. The summed E-state index contributed by atoms with van der Waals surface area (Å²) in [6, 6.07) is 6.75. The van der Waals surface area contributed by atoms with E-state index >= 15 is 0 Å². The van der Waals surface area contributed by atoms with E-state index in [2.05, 4.69) is 9.97 Å². The van der Waals surface area contributed by atoms with Crippen LogP contribution in [0.5, 0.6) is 11.5 Å². The SMILES string of the molecule is CCOc1cc(C(=N)c2cc(O[C@H](C)c3c(Cl)cncc3Cl)ccc2N)cnc1N. The van der Waals surface area contributed by atoms with Crippen molar-refractivity contribution in [1.82, 2.24) is 9.97 Å². The van der Waals surface area contributed by atoms with Crippen LogP contribution < -0.4 is 20.9 Å². The number of rotatable bonds is 7. The summed E-state index contributed by atoms with van der Waals surface area (Å²) in [5.41, 5.74) is 14.2. The zero-order valence-corrected chi connectivity index (χ0v) is 18.0. The van der Waals surface area contributed by atoms with E-state index in [0.29, 0.717) is 50.5 Å². The average Bonchev–Trinajstić information content (AvgIpc) is 2.70. The van der Waals surface area contributed by atoms with Gasteiger partial charge in [-0.2, -0.15) is 0 Å². The Morgan fingerprint density at radius 3 is 2.50 bits per heavy atom. The minimum Gasteiger partial charge on any atom is -0.490 e. The van der Waals surface area contributed by atoms with Gasteiger partial charge in [-0.15, -0.1) is 0 Å². The van der Waals surface area contributed by atoms with Crippen LogP contribution in [0.4, 0.5) is 11.5 Å². The number of hydrogen-bond donors (Lipinski definition) is 3. The molecule has 0 radical (unpaired) electrons. The van der Waals surface area contributed by atoms with Crippen LogP contribution in [0, 0.1) is 5.41 Å². The lowest BCUT2D eigenvalue weighted by Gasteiger charge is -2.18. The van der Waals surface area contributed by atoms with Crippen LogP contribution in [-0.4, -0.2) is 22.3 Å². The Balaban J connectivity index is 1.90. The number of nitrogens with two attached hydrogens (primary N) is 2. The normalized spacial score (nSPS) is 11.7. The molecule has 7 nitrogen and oxygen atoms in total. The second-order valence-corrected chi connectivity index (χ2v) is 7.26. The zero-order chi connectivity index (χ0) is 21.8. The molecule has 0 aliphatic carbocycles. The number of benzene rings is 1.